The van der Waals surface area contributed by atoms with Crippen LogP contribution in [0, 0.1) is 0 Å². The van der Waals surface area contributed by atoms with E-state index in [0.29, 0.717) is 4.90 Å². The molecular weight excluding hydrogens is 216 g/mol. The molecule has 0 N–H and O–H groups in total. The standard InChI is InChI=1S/C7H7ClO2S2/c1-12(9,10)7-4-2-3-6(5-7)11-8/h2-5H,1H3. The third-order valence-corrected chi connectivity index (χ3v) is 3.40. The number of hydrogen-bond acceptors (Lipinski definition) is 3. The molecular formula is C7H7ClO2S2. The lowest BCUT2D eigenvalue weighted by Crippen LogP contribution is -1.96. The lowest BCUT2D eigenvalue weighted by atomic mass is 10.4. The summed E-state index contributed by atoms with van der Waals surface area (Å²) in [5.41, 5.74) is 0. The molecule has 0 unspecified atom stereocenters. The Morgan fingerprint density at radius 3 is 2.58 bits per heavy atom. The van der Waals surface area contributed by atoms with Crippen LogP contribution in [0.4, 0.5) is 0 Å². The average Bonchev–Trinajstić information content (AvgIpc) is 2.03. The molecule has 0 aliphatic carbocycles. The highest BCUT2D eigenvalue weighted by Crippen LogP contribution is 2.23. The van der Waals surface area contributed by atoms with Crippen molar-refractivity contribution in [3.63, 3.8) is 0 Å². The van der Waals surface area contributed by atoms with Crippen LogP contribution < -0.4 is 0 Å². The van der Waals surface area contributed by atoms with Crippen molar-refractivity contribution in [2.24, 2.45) is 0 Å². The Morgan fingerprint density at radius 1 is 1.42 bits per heavy atom. The van der Waals surface area contributed by atoms with Gasteiger partial charge in [0.15, 0.2) is 9.84 Å². The fraction of sp³-hybridized carbons (Fsp3) is 0.143. The van der Waals surface area contributed by atoms with E-state index in [0.717, 1.165) is 15.9 Å². The fourth-order valence-electron chi connectivity index (χ4n) is 0.753. The van der Waals surface area contributed by atoms with Gasteiger partial charge in [0.1, 0.15) is 0 Å². The van der Waals surface area contributed by atoms with E-state index in [-0.39, 0.29) is 0 Å². The van der Waals surface area contributed by atoms with Crippen LogP contribution in [0.5, 0.6) is 0 Å². The van der Waals surface area contributed by atoms with Gasteiger partial charge in [0.2, 0.25) is 0 Å². The summed E-state index contributed by atoms with van der Waals surface area (Å²) < 4.78 is 22.1. The van der Waals surface area contributed by atoms with Crippen LogP contribution in [0.25, 0.3) is 0 Å². The summed E-state index contributed by atoms with van der Waals surface area (Å²) in [6.07, 6.45) is 1.17. The van der Waals surface area contributed by atoms with Gasteiger partial charge in [-0.05, 0) is 39.9 Å². The van der Waals surface area contributed by atoms with Gasteiger partial charge in [-0.3, -0.25) is 0 Å². The van der Waals surface area contributed by atoms with Crippen molar-refractivity contribution >= 4 is 31.5 Å². The molecule has 0 fully saturated rings. The minimum atomic E-state index is -3.11. The summed E-state index contributed by atoms with van der Waals surface area (Å²) in [6.45, 7) is 0. The highest BCUT2D eigenvalue weighted by Gasteiger charge is 2.06. The lowest BCUT2D eigenvalue weighted by Gasteiger charge is -1.98. The summed E-state index contributed by atoms with van der Waals surface area (Å²) in [7, 11) is 3.37. The number of halogens is 1. The number of rotatable bonds is 2. The van der Waals surface area contributed by atoms with Crippen LogP contribution in [0.2, 0.25) is 0 Å². The molecule has 0 saturated carbocycles. The average molecular weight is 223 g/mol. The van der Waals surface area contributed by atoms with E-state index in [1.165, 1.54) is 6.26 Å². The Morgan fingerprint density at radius 2 is 2.08 bits per heavy atom. The van der Waals surface area contributed by atoms with Crippen molar-refractivity contribution in [1.82, 2.24) is 0 Å². The van der Waals surface area contributed by atoms with Crippen LogP contribution in [-0.2, 0) is 9.84 Å². The molecule has 0 amide bonds. The van der Waals surface area contributed by atoms with Gasteiger partial charge in [-0.25, -0.2) is 8.42 Å². The molecule has 66 valence electrons. The molecule has 1 aromatic carbocycles. The Kier molecular flexibility index (Phi) is 3.04. The van der Waals surface area contributed by atoms with Gasteiger partial charge < -0.3 is 0 Å². The third-order valence-electron chi connectivity index (χ3n) is 1.32. The van der Waals surface area contributed by atoms with E-state index in [1.54, 1.807) is 24.3 Å². The summed E-state index contributed by atoms with van der Waals surface area (Å²) >= 11 is 0. The minimum Gasteiger partial charge on any atom is -0.224 e. The van der Waals surface area contributed by atoms with Gasteiger partial charge in [-0.2, -0.15) is 0 Å². The summed E-state index contributed by atoms with van der Waals surface area (Å²) in [6, 6.07) is 6.52. The second kappa shape index (κ2) is 3.68. The molecule has 1 aromatic rings. The Balaban J connectivity index is 3.20. The van der Waals surface area contributed by atoms with Crippen molar-refractivity contribution in [2.45, 2.75) is 9.79 Å². The smallest absolute Gasteiger partial charge is 0.175 e. The molecule has 0 radical (unpaired) electrons. The van der Waals surface area contributed by atoms with Crippen molar-refractivity contribution < 1.29 is 8.42 Å². The van der Waals surface area contributed by atoms with Crippen molar-refractivity contribution in [3.8, 4) is 0 Å². The molecule has 0 bridgehead atoms. The van der Waals surface area contributed by atoms with Crippen molar-refractivity contribution in [2.75, 3.05) is 6.26 Å². The van der Waals surface area contributed by atoms with Gasteiger partial charge in [0.05, 0.1) is 4.90 Å². The van der Waals surface area contributed by atoms with Gasteiger partial charge in [-0.15, -0.1) is 0 Å². The van der Waals surface area contributed by atoms with E-state index < -0.39 is 9.84 Å². The van der Waals surface area contributed by atoms with Crippen LogP contribution >= 0.6 is 21.7 Å². The van der Waals surface area contributed by atoms with Gasteiger partial charge >= 0.3 is 0 Å². The zero-order chi connectivity index (χ0) is 9.19. The largest absolute Gasteiger partial charge is 0.224 e. The maximum atomic E-state index is 11.0. The molecule has 0 heterocycles. The van der Waals surface area contributed by atoms with Crippen LogP contribution in [0.15, 0.2) is 34.1 Å². The summed E-state index contributed by atoms with van der Waals surface area (Å²) in [5.74, 6) is 0. The Bertz CT molecular complexity index is 373. The van der Waals surface area contributed by atoms with Crippen molar-refractivity contribution in [1.29, 1.82) is 0 Å². The van der Waals surface area contributed by atoms with Crippen LogP contribution in [0.1, 0.15) is 0 Å². The molecule has 0 aliphatic rings. The van der Waals surface area contributed by atoms with E-state index in [9.17, 15) is 8.42 Å². The molecule has 0 aliphatic heterocycles. The first-order chi connectivity index (χ1) is 5.54. The molecule has 0 atom stereocenters. The first-order valence-corrected chi connectivity index (χ1v) is 6.66. The maximum Gasteiger partial charge on any atom is 0.175 e. The highest BCUT2D eigenvalue weighted by molar-refractivity contribution is 8.21. The first-order valence-electron chi connectivity index (χ1n) is 3.13. The maximum absolute atomic E-state index is 11.0. The monoisotopic (exact) mass is 222 g/mol. The Hall–Kier alpha value is -0.190. The van der Waals surface area contributed by atoms with Crippen molar-refractivity contribution in [3.05, 3.63) is 24.3 Å². The molecule has 0 aromatic heterocycles. The molecule has 5 heteroatoms. The highest BCUT2D eigenvalue weighted by atomic mass is 35.7. The topological polar surface area (TPSA) is 34.1 Å². The Labute approximate surface area is 80.4 Å². The third kappa shape index (κ3) is 2.40. The summed E-state index contributed by atoms with van der Waals surface area (Å²) in [5, 5.41) is 0. The number of hydrogen-bond donors (Lipinski definition) is 0. The van der Waals surface area contributed by atoms with E-state index in [4.69, 9.17) is 10.7 Å². The van der Waals surface area contributed by atoms with Crippen LogP contribution in [-0.4, -0.2) is 14.7 Å². The van der Waals surface area contributed by atoms with E-state index >= 15 is 0 Å². The summed E-state index contributed by atoms with van der Waals surface area (Å²) in [4.78, 5) is 1.03. The lowest BCUT2D eigenvalue weighted by molar-refractivity contribution is 0.601. The van der Waals surface area contributed by atoms with E-state index in [2.05, 4.69) is 0 Å². The quantitative estimate of drug-likeness (QED) is 0.771. The second-order valence-electron chi connectivity index (χ2n) is 2.32. The zero-order valence-electron chi connectivity index (χ0n) is 6.32. The normalized spacial score (nSPS) is 11.5. The predicted octanol–water partition coefficient (Wildman–Crippen LogP) is 2.34. The van der Waals surface area contributed by atoms with Gasteiger partial charge in [-0.1, -0.05) is 6.07 Å². The minimum absolute atomic E-state index is 0.299. The molecule has 1 rings (SSSR count). The fourth-order valence-corrected chi connectivity index (χ4v) is 2.08. The zero-order valence-corrected chi connectivity index (χ0v) is 8.71. The molecule has 0 spiro atoms. The number of benzene rings is 1. The van der Waals surface area contributed by atoms with Crippen LogP contribution in [0.3, 0.4) is 0 Å². The SMILES string of the molecule is CS(=O)(=O)c1cccc(SCl)c1. The molecule has 12 heavy (non-hydrogen) atoms. The number of sulfone groups is 1. The van der Waals surface area contributed by atoms with Gasteiger partial charge in [0.25, 0.3) is 0 Å². The second-order valence-corrected chi connectivity index (χ2v) is 5.43. The van der Waals surface area contributed by atoms with Gasteiger partial charge in [0, 0.05) is 11.2 Å². The van der Waals surface area contributed by atoms with E-state index in [1.807, 2.05) is 0 Å². The predicted molar refractivity (Wildman–Crippen MR) is 51.3 cm³/mol. The molecule has 2 nitrogen and oxygen atoms in total. The molecule has 0 saturated heterocycles. The first kappa shape index (κ1) is 9.89.